The zero-order valence-electron chi connectivity index (χ0n) is 13.8. The van der Waals surface area contributed by atoms with Crippen molar-refractivity contribution >= 4 is 11.3 Å². The fourth-order valence-corrected chi connectivity index (χ4v) is 2.37. The van der Waals surface area contributed by atoms with Gasteiger partial charge in [0.05, 0.1) is 12.2 Å². The molecule has 0 unspecified atom stereocenters. The summed E-state index contributed by atoms with van der Waals surface area (Å²) in [5.74, 6) is -0.229. The minimum absolute atomic E-state index is 0.0148. The van der Waals surface area contributed by atoms with Crippen LogP contribution in [0, 0.1) is 0 Å². The maximum Gasteiger partial charge on any atom is 0.419 e. The van der Waals surface area contributed by atoms with Crippen molar-refractivity contribution in [2.24, 2.45) is 0 Å². The quantitative estimate of drug-likeness (QED) is 0.672. The van der Waals surface area contributed by atoms with E-state index in [4.69, 9.17) is 4.74 Å². The van der Waals surface area contributed by atoms with Gasteiger partial charge in [0.2, 0.25) is 11.3 Å². The third kappa shape index (κ3) is 3.84. The van der Waals surface area contributed by atoms with E-state index in [0.717, 1.165) is 12.5 Å². The number of aromatic amines is 1. The van der Waals surface area contributed by atoms with Crippen LogP contribution in [0.4, 0.5) is 13.2 Å². The second kappa shape index (κ2) is 7.14. The Labute approximate surface area is 145 Å². The highest BCUT2D eigenvalue weighted by molar-refractivity contribution is 5.62. The summed E-state index contributed by atoms with van der Waals surface area (Å²) in [4.78, 5) is 18.4. The Kier molecular flexibility index (Phi) is 4.92. The number of fused-ring (bicyclic) bond motifs is 1. The number of nitrogens with one attached hydrogen (secondary N) is 1. The lowest BCUT2D eigenvalue weighted by atomic mass is 10.0. The number of ether oxygens (including phenoxy) is 1. The van der Waals surface area contributed by atoms with Crippen LogP contribution in [-0.2, 0) is 12.6 Å². The molecule has 138 valence electrons. The number of nitrogens with zero attached hydrogens (tertiary/aromatic N) is 3. The normalized spacial score (nSPS) is 11.8. The molecule has 1 aromatic carbocycles. The predicted molar refractivity (Wildman–Crippen MR) is 84.9 cm³/mol. The van der Waals surface area contributed by atoms with Crippen LogP contribution in [0.15, 0.2) is 27.6 Å². The van der Waals surface area contributed by atoms with Crippen LogP contribution in [0.5, 0.6) is 5.75 Å². The number of aromatic nitrogens is 4. The molecule has 0 spiro atoms. The lowest BCUT2D eigenvalue weighted by Crippen LogP contribution is -2.16. The first kappa shape index (κ1) is 17.9. The Morgan fingerprint density at radius 2 is 2.08 bits per heavy atom. The number of rotatable bonds is 6. The molecule has 3 aromatic rings. The molecule has 2 aromatic heterocycles. The van der Waals surface area contributed by atoms with Crippen LogP contribution in [0.25, 0.3) is 11.3 Å². The SMILES string of the molecule is CCCCOc1ccc(Cc2nc3nonc3[nH]c2=O)cc1C(F)(F)F. The first-order valence-electron chi connectivity index (χ1n) is 7.93. The molecule has 0 radical (unpaired) electrons. The zero-order valence-corrected chi connectivity index (χ0v) is 13.8. The van der Waals surface area contributed by atoms with Crippen molar-refractivity contribution in [1.29, 1.82) is 0 Å². The molecule has 1 N–H and O–H groups in total. The smallest absolute Gasteiger partial charge is 0.419 e. The Balaban J connectivity index is 1.92. The Morgan fingerprint density at radius 1 is 1.27 bits per heavy atom. The molecule has 0 fully saturated rings. The van der Waals surface area contributed by atoms with Gasteiger partial charge in [0, 0.05) is 6.42 Å². The summed E-state index contributed by atoms with van der Waals surface area (Å²) in [6.07, 6.45) is -3.20. The minimum Gasteiger partial charge on any atom is -0.493 e. The Morgan fingerprint density at radius 3 is 2.81 bits per heavy atom. The van der Waals surface area contributed by atoms with Gasteiger partial charge in [0.25, 0.3) is 5.56 Å². The molecule has 0 aliphatic rings. The molecule has 2 heterocycles. The van der Waals surface area contributed by atoms with Gasteiger partial charge < -0.3 is 4.74 Å². The average Bonchev–Trinajstić information content (AvgIpc) is 3.02. The molecule has 0 atom stereocenters. The van der Waals surface area contributed by atoms with E-state index in [-0.39, 0.29) is 41.3 Å². The molecule has 10 heteroatoms. The fraction of sp³-hybridized carbons (Fsp3) is 0.375. The van der Waals surface area contributed by atoms with Crippen LogP contribution >= 0.6 is 0 Å². The van der Waals surface area contributed by atoms with Gasteiger partial charge in [0.1, 0.15) is 11.4 Å². The lowest BCUT2D eigenvalue weighted by Gasteiger charge is -2.15. The molecule has 0 aliphatic carbocycles. The van der Waals surface area contributed by atoms with Crippen LogP contribution in [-0.4, -0.2) is 26.9 Å². The van der Waals surface area contributed by atoms with Crippen molar-refractivity contribution < 1.29 is 22.5 Å². The van der Waals surface area contributed by atoms with Gasteiger partial charge in [-0.25, -0.2) is 9.61 Å². The monoisotopic (exact) mass is 368 g/mol. The van der Waals surface area contributed by atoms with Crippen molar-refractivity contribution in [2.75, 3.05) is 6.61 Å². The number of H-pyrrole nitrogens is 1. The number of unbranched alkanes of at least 4 members (excludes halogenated alkanes) is 1. The zero-order chi connectivity index (χ0) is 18.7. The summed E-state index contributed by atoms with van der Waals surface area (Å²) >= 11 is 0. The van der Waals surface area contributed by atoms with Crippen LogP contribution in [0.2, 0.25) is 0 Å². The number of alkyl halides is 3. The largest absolute Gasteiger partial charge is 0.493 e. The molecule has 26 heavy (non-hydrogen) atoms. The van der Waals surface area contributed by atoms with Crippen molar-refractivity contribution in [3.8, 4) is 5.75 Å². The predicted octanol–water partition coefficient (Wildman–Crippen LogP) is 3.09. The number of hydrogen-bond donors (Lipinski definition) is 1. The summed E-state index contributed by atoms with van der Waals surface area (Å²) in [7, 11) is 0. The Hall–Kier alpha value is -2.91. The highest BCUT2D eigenvalue weighted by Crippen LogP contribution is 2.37. The van der Waals surface area contributed by atoms with Crippen LogP contribution in [0.1, 0.15) is 36.6 Å². The van der Waals surface area contributed by atoms with Gasteiger partial charge in [0.15, 0.2) is 0 Å². The van der Waals surface area contributed by atoms with E-state index in [9.17, 15) is 18.0 Å². The van der Waals surface area contributed by atoms with Gasteiger partial charge in [-0.1, -0.05) is 19.4 Å². The van der Waals surface area contributed by atoms with Gasteiger partial charge in [-0.15, -0.1) is 0 Å². The maximum absolute atomic E-state index is 13.3. The van der Waals surface area contributed by atoms with Crippen LogP contribution in [0.3, 0.4) is 0 Å². The average molecular weight is 368 g/mol. The van der Waals surface area contributed by atoms with E-state index in [0.29, 0.717) is 6.42 Å². The molecule has 3 rings (SSSR count). The van der Waals surface area contributed by atoms with E-state index in [1.807, 2.05) is 6.92 Å². The third-order valence-corrected chi connectivity index (χ3v) is 3.68. The fourth-order valence-electron chi connectivity index (χ4n) is 2.37. The first-order valence-corrected chi connectivity index (χ1v) is 7.93. The van der Waals surface area contributed by atoms with E-state index in [1.165, 1.54) is 12.1 Å². The van der Waals surface area contributed by atoms with Gasteiger partial charge in [-0.3, -0.25) is 9.78 Å². The van der Waals surface area contributed by atoms with E-state index < -0.39 is 17.3 Å². The number of benzene rings is 1. The highest BCUT2D eigenvalue weighted by atomic mass is 19.4. The van der Waals surface area contributed by atoms with Gasteiger partial charge >= 0.3 is 6.18 Å². The number of hydrogen-bond acceptors (Lipinski definition) is 6. The van der Waals surface area contributed by atoms with Crippen LogP contribution < -0.4 is 10.3 Å². The molecule has 0 saturated heterocycles. The second-order valence-electron chi connectivity index (χ2n) is 5.66. The summed E-state index contributed by atoms with van der Waals surface area (Å²) in [5.41, 5.74) is -1.00. The van der Waals surface area contributed by atoms with Crippen molar-refractivity contribution in [2.45, 2.75) is 32.4 Å². The van der Waals surface area contributed by atoms with Gasteiger partial charge in [-0.05, 0) is 34.4 Å². The summed E-state index contributed by atoms with van der Waals surface area (Å²) < 4.78 is 49.7. The molecular weight excluding hydrogens is 353 g/mol. The lowest BCUT2D eigenvalue weighted by molar-refractivity contribution is -0.139. The summed E-state index contributed by atoms with van der Waals surface area (Å²) in [6, 6.07) is 3.70. The molecule has 0 amide bonds. The first-order chi connectivity index (χ1) is 12.4. The van der Waals surface area contributed by atoms with Crippen molar-refractivity contribution in [3.63, 3.8) is 0 Å². The second-order valence-corrected chi connectivity index (χ2v) is 5.66. The summed E-state index contributed by atoms with van der Waals surface area (Å²) in [6.45, 7) is 2.12. The van der Waals surface area contributed by atoms with Gasteiger partial charge in [-0.2, -0.15) is 13.2 Å². The highest BCUT2D eigenvalue weighted by Gasteiger charge is 2.34. The number of halogens is 3. The van der Waals surface area contributed by atoms with E-state index >= 15 is 0 Å². The van der Waals surface area contributed by atoms with Crippen molar-refractivity contribution in [1.82, 2.24) is 20.3 Å². The third-order valence-electron chi connectivity index (χ3n) is 3.68. The van der Waals surface area contributed by atoms with E-state index in [2.05, 4.69) is 24.9 Å². The van der Waals surface area contributed by atoms with E-state index in [1.54, 1.807) is 0 Å². The summed E-state index contributed by atoms with van der Waals surface area (Å²) in [5, 5.41) is 6.96. The van der Waals surface area contributed by atoms with Crippen molar-refractivity contribution in [3.05, 3.63) is 45.4 Å². The minimum atomic E-state index is -4.57. The molecule has 0 saturated carbocycles. The molecule has 0 bridgehead atoms. The maximum atomic E-state index is 13.3. The topological polar surface area (TPSA) is 93.9 Å². The Bertz CT molecular complexity index is 965. The molecular formula is C16H15F3N4O3. The molecule has 7 nitrogen and oxygen atoms in total. The molecule has 0 aliphatic heterocycles. The standard InChI is InChI=1S/C16H15F3N4O3/c1-2-3-6-25-12-5-4-9(7-10(12)16(17,18)19)8-11-15(24)21-14-13(20-11)22-26-23-14/h4-5,7H,2-3,6,8H2,1H3,(H,21,23,24).